The fourth-order valence-corrected chi connectivity index (χ4v) is 2.94. The number of benzene rings is 2. The van der Waals surface area contributed by atoms with E-state index in [1.54, 1.807) is 17.2 Å². The summed E-state index contributed by atoms with van der Waals surface area (Å²) in [5.41, 5.74) is 3.61. The Labute approximate surface area is 128 Å². The largest absolute Gasteiger partial charge is 0.341 e. The average molecular weight is 288 g/mol. The highest BCUT2D eigenvalue weighted by Crippen LogP contribution is 2.29. The van der Waals surface area contributed by atoms with Crippen molar-refractivity contribution in [3.8, 4) is 0 Å². The first kappa shape index (κ1) is 12.8. The molecule has 0 spiro atoms. The van der Waals surface area contributed by atoms with Crippen molar-refractivity contribution in [3.05, 3.63) is 66.7 Å². The van der Waals surface area contributed by atoms with Gasteiger partial charge in [-0.3, -0.25) is 0 Å². The summed E-state index contributed by atoms with van der Waals surface area (Å²) in [7, 11) is 0. The van der Waals surface area contributed by atoms with Gasteiger partial charge < -0.3 is 4.57 Å². The molecule has 4 rings (SSSR count). The average Bonchev–Trinajstić information content (AvgIpc) is 3.18. The molecule has 2 aromatic heterocycles. The lowest BCUT2D eigenvalue weighted by atomic mass is 10.1. The van der Waals surface area contributed by atoms with Crippen LogP contribution in [0.4, 0.5) is 0 Å². The van der Waals surface area contributed by atoms with Gasteiger partial charge in [-0.2, -0.15) is 5.10 Å². The zero-order valence-corrected chi connectivity index (χ0v) is 12.3. The van der Waals surface area contributed by atoms with Gasteiger partial charge in [-0.05, 0) is 24.6 Å². The van der Waals surface area contributed by atoms with E-state index in [2.05, 4.69) is 64.0 Å². The molecule has 2 aromatic carbocycles. The molecule has 0 unspecified atom stereocenters. The smallest absolute Gasteiger partial charge is 0.116 e. The van der Waals surface area contributed by atoms with Crippen LogP contribution in [-0.2, 0) is 6.54 Å². The first-order chi connectivity index (χ1) is 10.9. The third-order valence-electron chi connectivity index (χ3n) is 3.94. The van der Waals surface area contributed by atoms with Crippen LogP contribution in [0.3, 0.4) is 0 Å². The Morgan fingerprint density at radius 1 is 1.09 bits per heavy atom. The van der Waals surface area contributed by atoms with Crippen LogP contribution in [0.5, 0.6) is 0 Å². The van der Waals surface area contributed by atoms with Crippen molar-refractivity contribution in [2.75, 3.05) is 0 Å². The van der Waals surface area contributed by atoms with Crippen LogP contribution in [0.2, 0.25) is 0 Å². The van der Waals surface area contributed by atoms with Crippen LogP contribution < -0.4 is 0 Å². The highest BCUT2D eigenvalue weighted by Gasteiger charge is 2.08. The van der Waals surface area contributed by atoms with Crippen molar-refractivity contribution < 1.29 is 0 Å². The predicted molar refractivity (Wildman–Crippen MR) is 90.3 cm³/mol. The van der Waals surface area contributed by atoms with Gasteiger partial charge >= 0.3 is 0 Å². The molecule has 2 heterocycles. The molecule has 0 atom stereocenters. The standard InChI is InChI=1S/C18H16N4/c1-2-22-17-6-4-3-5-15(17)16-8-7-14(11-18(16)22)12-20-21-10-9-19-13-21/h3-13H,2H2,1H3/b20-12-. The number of fused-ring (bicyclic) bond motifs is 3. The summed E-state index contributed by atoms with van der Waals surface area (Å²) in [4.78, 5) is 3.99. The number of aromatic nitrogens is 3. The maximum Gasteiger partial charge on any atom is 0.116 e. The van der Waals surface area contributed by atoms with Gasteiger partial charge in [0.25, 0.3) is 0 Å². The van der Waals surface area contributed by atoms with E-state index in [1.807, 2.05) is 12.4 Å². The molecule has 0 N–H and O–H groups in total. The number of nitrogens with zero attached hydrogens (tertiary/aromatic N) is 4. The van der Waals surface area contributed by atoms with E-state index in [0.717, 1.165) is 12.1 Å². The minimum absolute atomic E-state index is 0.951. The SMILES string of the molecule is CCn1c2ccccc2c2ccc(/C=N\n3ccnc3)cc21. The highest BCUT2D eigenvalue weighted by molar-refractivity contribution is 6.09. The van der Waals surface area contributed by atoms with Crippen molar-refractivity contribution in [2.45, 2.75) is 13.5 Å². The van der Waals surface area contributed by atoms with E-state index >= 15 is 0 Å². The Bertz CT molecular complexity index is 962. The number of hydrogen-bond donors (Lipinski definition) is 0. The zero-order chi connectivity index (χ0) is 14.9. The molecule has 0 amide bonds. The lowest BCUT2D eigenvalue weighted by molar-refractivity contribution is 0.827. The van der Waals surface area contributed by atoms with E-state index in [-0.39, 0.29) is 0 Å². The molecule has 4 aromatic rings. The molecular weight excluding hydrogens is 272 g/mol. The Hall–Kier alpha value is -2.88. The summed E-state index contributed by atoms with van der Waals surface area (Å²) in [6.45, 7) is 3.13. The van der Waals surface area contributed by atoms with Gasteiger partial charge in [0.1, 0.15) is 6.33 Å². The van der Waals surface area contributed by atoms with Crippen molar-refractivity contribution >= 4 is 28.0 Å². The summed E-state index contributed by atoms with van der Waals surface area (Å²) < 4.78 is 4.04. The predicted octanol–water partition coefficient (Wildman–Crippen LogP) is 3.89. The number of para-hydroxylation sites is 1. The van der Waals surface area contributed by atoms with Gasteiger partial charge in [0.05, 0.1) is 6.21 Å². The second-order valence-corrected chi connectivity index (χ2v) is 5.23. The van der Waals surface area contributed by atoms with Crippen LogP contribution in [0.1, 0.15) is 12.5 Å². The molecular formula is C18H16N4. The van der Waals surface area contributed by atoms with Crippen molar-refractivity contribution in [2.24, 2.45) is 5.10 Å². The molecule has 0 bridgehead atoms. The molecule has 0 aliphatic heterocycles. The quantitative estimate of drug-likeness (QED) is 0.527. The Morgan fingerprint density at radius 2 is 1.95 bits per heavy atom. The molecule has 0 aliphatic rings. The number of imidazole rings is 1. The molecule has 4 heteroatoms. The summed E-state index contributed by atoms with van der Waals surface area (Å²) >= 11 is 0. The van der Waals surface area contributed by atoms with Gasteiger partial charge in [0.2, 0.25) is 0 Å². The van der Waals surface area contributed by atoms with Gasteiger partial charge in [-0.25, -0.2) is 9.66 Å². The van der Waals surface area contributed by atoms with E-state index in [1.165, 1.54) is 21.8 Å². The Kier molecular flexibility index (Phi) is 3.00. The monoisotopic (exact) mass is 288 g/mol. The Morgan fingerprint density at radius 3 is 2.77 bits per heavy atom. The van der Waals surface area contributed by atoms with Crippen molar-refractivity contribution in [1.29, 1.82) is 0 Å². The Balaban J connectivity index is 1.88. The molecule has 0 radical (unpaired) electrons. The topological polar surface area (TPSA) is 35.1 Å². The van der Waals surface area contributed by atoms with Crippen LogP contribution in [0.25, 0.3) is 21.8 Å². The second-order valence-electron chi connectivity index (χ2n) is 5.23. The van der Waals surface area contributed by atoms with Crippen LogP contribution in [0, 0.1) is 0 Å². The van der Waals surface area contributed by atoms with Gasteiger partial charge in [-0.1, -0.05) is 30.3 Å². The van der Waals surface area contributed by atoms with Gasteiger partial charge in [0, 0.05) is 40.7 Å². The van der Waals surface area contributed by atoms with E-state index in [4.69, 9.17) is 0 Å². The lowest BCUT2D eigenvalue weighted by Gasteiger charge is -2.03. The molecule has 108 valence electrons. The van der Waals surface area contributed by atoms with Gasteiger partial charge in [-0.15, -0.1) is 0 Å². The molecule has 22 heavy (non-hydrogen) atoms. The maximum atomic E-state index is 4.37. The fourth-order valence-electron chi connectivity index (χ4n) is 2.94. The summed E-state index contributed by atoms with van der Waals surface area (Å²) in [5, 5.41) is 6.96. The molecule has 4 nitrogen and oxygen atoms in total. The molecule has 0 aliphatic carbocycles. The maximum absolute atomic E-state index is 4.37. The first-order valence-corrected chi connectivity index (χ1v) is 7.40. The number of aryl methyl sites for hydroxylation is 1. The van der Waals surface area contributed by atoms with Crippen LogP contribution >= 0.6 is 0 Å². The van der Waals surface area contributed by atoms with E-state index < -0.39 is 0 Å². The van der Waals surface area contributed by atoms with E-state index in [9.17, 15) is 0 Å². The minimum Gasteiger partial charge on any atom is -0.341 e. The first-order valence-electron chi connectivity index (χ1n) is 7.40. The lowest BCUT2D eigenvalue weighted by Crippen LogP contribution is -1.94. The summed E-state index contributed by atoms with van der Waals surface area (Å²) in [5.74, 6) is 0. The molecule has 0 saturated heterocycles. The molecule has 0 saturated carbocycles. The summed E-state index contributed by atoms with van der Waals surface area (Å²) in [6.07, 6.45) is 7.07. The third kappa shape index (κ3) is 2.00. The van der Waals surface area contributed by atoms with Gasteiger partial charge in [0.15, 0.2) is 0 Å². The normalized spacial score (nSPS) is 11.9. The minimum atomic E-state index is 0.951. The number of rotatable bonds is 3. The highest BCUT2D eigenvalue weighted by atomic mass is 15.3. The fraction of sp³-hybridized carbons (Fsp3) is 0.111. The van der Waals surface area contributed by atoms with Crippen LogP contribution in [0.15, 0.2) is 66.3 Å². The second kappa shape index (κ2) is 5.15. The third-order valence-corrected chi connectivity index (χ3v) is 3.94. The van der Waals surface area contributed by atoms with Crippen molar-refractivity contribution in [1.82, 2.24) is 14.2 Å². The number of hydrogen-bond acceptors (Lipinski definition) is 2. The molecule has 0 fully saturated rings. The summed E-state index contributed by atoms with van der Waals surface area (Å²) in [6, 6.07) is 15.0. The van der Waals surface area contributed by atoms with Crippen molar-refractivity contribution in [3.63, 3.8) is 0 Å². The zero-order valence-electron chi connectivity index (χ0n) is 12.3. The van der Waals surface area contributed by atoms with Crippen LogP contribution in [-0.4, -0.2) is 20.4 Å². The van der Waals surface area contributed by atoms with E-state index in [0.29, 0.717) is 0 Å².